The molecule has 19 heteroatoms. The molecule has 0 spiro atoms. The van der Waals surface area contributed by atoms with Crippen LogP contribution >= 0.6 is 15.6 Å². The number of phosphoric ester groups is 2. The quantitative estimate of drug-likeness (QED) is 0.0222. The average Bonchev–Trinajstić information content (AvgIpc) is 0.957. The number of hydrogen-bond acceptors (Lipinski definition) is 15. The van der Waals surface area contributed by atoms with Gasteiger partial charge in [0.2, 0.25) is 0 Å². The van der Waals surface area contributed by atoms with Crippen molar-refractivity contribution in [3.8, 4) is 0 Å². The van der Waals surface area contributed by atoms with E-state index >= 15 is 0 Å². The third-order valence-corrected chi connectivity index (χ3v) is 20.6. The number of aliphatic hydroxyl groups excluding tert-OH is 1. The van der Waals surface area contributed by atoms with Crippen LogP contribution in [-0.4, -0.2) is 96.7 Å². The first-order valence-electron chi connectivity index (χ1n) is 41.5. The molecule has 0 saturated carbocycles. The summed E-state index contributed by atoms with van der Waals surface area (Å²) < 4.78 is 68.7. The molecule has 99 heavy (non-hydrogen) atoms. The fourth-order valence-corrected chi connectivity index (χ4v) is 13.9. The summed E-state index contributed by atoms with van der Waals surface area (Å²) in [6.45, 7) is 9.60. The van der Waals surface area contributed by atoms with Crippen molar-refractivity contribution in [1.29, 1.82) is 0 Å². The van der Waals surface area contributed by atoms with Crippen molar-refractivity contribution in [3.63, 3.8) is 0 Å². The lowest BCUT2D eigenvalue weighted by molar-refractivity contribution is -0.161. The lowest BCUT2D eigenvalue weighted by Crippen LogP contribution is -2.30. The van der Waals surface area contributed by atoms with Gasteiger partial charge in [-0.25, -0.2) is 9.13 Å². The van der Waals surface area contributed by atoms with Crippen LogP contribution in [0.5, 0.6) is 0 Å². The van der Waals surface area contributed by atoms with E-state index in [-0.39, 0.29) is 25.7 Å². The van der Waals surface area contributed by atoms with Gasteiger partial charge in [0.05, 0.1) is 26.4 Å². The fourth-order valence-electron chi connectivity index (χ4n) is 12.4. The molecule has 0 aliphatic rings. The van der Waals surface area contributed by atoms with Gasteiger partial charge in [0, 0.05) is 25.7 Å². The van der Waals surface area contributed by atoms with Crippen molar-refractivity contribution in [2.45, 2.75) is 439 Å². The highest BCUT2D eigenvalue weighted by Crippen LogP contribution is 2.45. The Morgan fingerprint density at radius 2 is 0.465 bits per heavy atom. The fraction of sp³-hybridized carbons (Fsp3) is 0.950. The summed E-state index contributed by atoms with van der Waals surface area (Å²) in [6, 6.07) is 0. The Bertz CT molecular complexity index is 1910. The standard InChI is InChI=1S/C80H156O17P2/c1-7-9-11-13-15-17-19-21-23-25-27-31-36-40-46-53-59-64-79(84)96-75(68-90-77(82)62-56-50-44-38-34-32-28-29-33-37-42-48-54-60-72(3)4)70-94-98(86,87)92-66-74(81)67-93-99(88,89)95-71-76(69-91-78(83)63-57-51-47-41-43-49-55-61-73(5)6)97-80(85)65-58-52-45-39-35-30-26-24-22-20-18-16-14-12-10-8-2/h72-76,81H,7-71H2,1-6H3,(H,86,87)(H,88,89)/t74-,75-,76-/m1/s1. The van der Waals surface area contributed by atoms with E-state index in [4.69, 9.17) is 37.0 Å². The van der Waals surface area contributed by atoms with Crippen molar-refractivity contribution in [2.24, 2.45) is 11.8 Å². The predicted octanol–water partition coefficient (Wildman–Crippen LogP) is 23.9. The molecule has 0 radical (unpaired) electrons. The zero-order chi connectivity index (χ0) is 72.8. The first-order chi connectivity index (χ1) is 47.9. The number of rotatable bonds is 79. The Morgan fingerprint density at radius 3 is 0.687 bits per heavy atom. The topological polar surface area (TPSA) is 237 Å². The molecular weight excluding hydrogens is 1290 g/mol. The minimum Gasteiger partial charge on any atom is -0.462 e. The Labute approximate surface area is 607 Å². The Hall–Kier alpha value is -1.94. The Balaban J connectivity index is 5.24. The maximum atomic E-state index is 13.1. The highest BCUT2D eigenvalue weighted by atomic mass is 31.2. The predicted molar refractivity (Wildman–Crippen MR) is 405 cm³/mol. The third kappa shape index (κ3) is 74.1. The summed E-state index contributed by atoms with van der Waals surface area (Å²) >= 11 is 0. The molecule has 0 aromatic heterocycles. The molecule has 0 aliphatic carbocycles. The minimum absolute atomic E-state index is 0.108. The number of ether oxygens (including phenoxy) is 4. The van der Waals surface area contributed by atoms with Crippen LogP contribution in [0.4, 0.5) is 0 Å². The van der Waals surface area contributed by atoms with Gasteiger partial charge < -0.3 is 33.8 Å². The van der Waals surface area contributed by atoms with Gasteiger partial charge in [0.1, 0.15) is 19.3 Å². The van der Waals surface area contributed by atoms with Gasteiger partial charge in [0.25, 0.3) is 0 Å². The minimum atomic E-state index is -4.96. The van der Waals surface area contributed by atoms with E-state index in [1.807, 2.05) is 0 Å². The molecule has 0 amide bonds. The lowest BCUT2D eigenvalue weighted by atomic mass is 10.0. The summed E-state index contributed by atoms with van der Waals surface area (Å²) in [4.78, 5) is 73.0. The molecule has 0 aromatic carbocycles. The van der Waals surface area contributed by atoms with E-state index in [1.54, 1.807) is 0 Å². The van der Waals surface area contributed by atoms with E-state index in [1.165, 1.54) is 231 Å². The molecule has 0 saturated heterocycles. The van der Waals surface area contributed by atoms with Crippen molar-refractivity contribution in [3.05, 3.63) is 0 Å². The van der Waals surface area contributed by atoms with Gasteiger partial charge in [-0.2, -0.15) is 0 Å². The molecule has 0 bridgehead atoms. The number of carbonyl (C=O) groups is 4. The second-order valence-corrected chi connectivity index (χ2v) is 32.7. The molecule has 0 aliphatic heterocycles. The van der Waals surface area contributed by atoms with Crippen LogP contribution in [0.25, 0.3) is 0 Å². The molecule has 0 fully saturated rings. The smallest absolute Gasteiger partial charge is 0.462 e. The first-order valence-corrected chi connectivity index (χ1v) is 44.5. The van der Waals surface area contributed by atoms with Crippen LogP contribution in [0.3, 0.4) is 0 Å². The molecule has 0 aromatic rings. The molecule has 2 unspecified atom stereocenters. The van der Waals surface area contributed by atoms with Crippen LogP contribution in [0.1, 0.15) is 420 Å². The van der Waals surface area contributed by atoms with E-state index < -0.39 is 97.5 Å². The normalized spacial score (nSPS) is 13.9. The highest BCUT2D eigenvalue weighted by Gasteiger charge is 2.30. The Morgan fingerprint density at radius 1 is 0.273 bits per heavy atom. The number of carbonyl (C=O) groups excluding carboxylic acids is 4. The largest absolute Gasteiger partial charge is 0.472 e. The summed E-state index contributed by atoms with van der Waals surface area (Å²) in [5.74, 6) is -0.613. The monoisotopic (exact) mass is 1450 g/mol. The van der Waals surface area contributed by atoms with Crippen LogP contribution in [0.2, 0.25) is 0 Å². The molecule has 5 atom stereocenters. The second-order valence-electron chi connectivity index (χ2n) is 29.8. The van der Waals surface area contributed by atoms with E-state index in [2.05, 4.69) is 41.5 Å². The Kier molecular flexibility index (Phi) is 70.3. The lowest BCUT2D eigenvalue weighted by Gasteiger charge is -2.21. The van der Waals surface area contributed by atoms with Crippen LogP contribution < -0.4 is 0 Å². The molecule has 0 heterocycles. The maximum Gasteiger partial charge on any atom is 0.472 e. The molecule has 3 N–H and O–H groups in total. The summed E-state index contributed by atoms with van der Waals surface area (Å²) in [5.41, 5.74) is 0. The SMILES string of the molecule is CCCCCCCCCCCCCCCCCCCC(=O)O[C@H](COC(=O)CCCCCCCCCCCCCCCC(C)C)COP(=O)(O)OC[C@@H](O)COP(=O)(O)OC[C@@H](COC(=O)CCCCCCCCCC(C)C)OC(=O)CCCCCCCCCCCCCCCCCC. The van der Waals surface area contributed by atoms with Gasteiger partial charge in [-0.15, -0.1) is 0 Å². The van der Waals surface area contributed by atoms with Crippen molar-refractivity contribution in [2.75, 3.05) is 39.6 Å². The summed E-state index contributed by atoms with van der Waals surface area (Å²) in [6.07, 6.45) is 61.0. The number of hydrogen-bond donors (Lipinski definition) is 3. The zero-order valence-corrected chi connectivity index (χ0v) is 66.6. The van der Waals surface area contributed by atoms with Crippen LogP contribution in [0.15, 0.2) is 0 Å². The number of esters is 4. The first kappa shape index (κ1) is 97.1. The van der Waals surface area contributed by atoms with Gasteiger partial charge in [-0.3, -0.25) is 37.3 Å². The van der Waals surface area contributed by atoms with Crippen LogP contribution in [0, 0.1) is 11.8 Å². The van der Waals surface area contributed by atoms with E-state index in [0.29, 0.717) is 31.6 Å². The second kappa shape index (κ2) is 71.7. The van der Waals surface area contributed by atoms with Gasteiger partial charge in [-0.1, -0.05) is 369 Å². The molecule has 17 nitrogen and oxygen atoms in total. The van der Waals surface area contributed by atoms with Gasteiger partial charge in [-0.05, 0) is 37.5 Å². The van der Waals surface area contributed by atoms with Crippen LogP contribution in [-0.2, 0) is 65.4 Å². The number of aliphatic hydroxyl groups is 1. The summed E-state index contributed by atoms with van der Waals surface area (Å²) in [5, 5.41) is 10.6. The van der Waals surface area contributed by atoms with Gasteiger partial charge >= 0.3 is 39.5 Å². The van der Waals surface area contributed by atoms with E-state index in [0.717, 1.165) is 102 Å². The summed E-state index contributed by atoms with van der Waals surface area (Å²) in [7, 11) is -9.92. The maximum absolute atomic E-state index is 13.1. The molecule has 0 rings (SSSR count). The van der Waals surface area contributed by atoms with E-state index in [9.17, 15) is 43.2 Å². The van der Waals surface area contributed by atoms with Crippen molar-refractivity contribution >= 4 is 39.5 Å². The van der Waals surface area contributed by atoms with Crippen molar-refractivity contribution < 1.29 is 80.2 Å². The molecular formula is C80H156O17P2. The highest BCUT2D eigenvalue weighted by molar-refractivity contribution is 7.47. The third-order valence-electron chi connectivity index (χ3n) is 18.7. The zero-order valence-electron chi connectivity index (χ0n) is 64.8. The number of unbranched alkanes of at least 4 members (excludes halogenated alkanes) is 49. The average molecular weight is 1450 g/mol. The van der Waals surface area contributed by atoms with Gasteiger partial charge in [0.15, 0.2) is 12.2 Å². The molecule has 588 valence electrons. The van der Waals surface area contributed by atoms with Crippen molar-refractivity contribution in [1.82, 2.24) is 0 Å². The number of phosphoric acid groups is 2.